The average molecular weight is 487 g/mol. The Kier molecular flexibility index (Phi) is 6.62. The third-order valence-electron chi connectivity index (χ3n) is 6.44. The molecule has 186 valence electrons. The van der Waals surface area contributed by atoms with Crippen molar-refractivity contribution in [1.82, 2.24) is 19.5 Å². The van der Waals surface area contributed by atoms with Gasteiger partial charge >= 0.3 is 0 Å². The van der Waals surface area contributed by atoms with Gasteiger partial charge in [-0.2, -0.15) is 9.61 Å². The molecule has 3 heterocycles. The summed E-state index contributed by atoms with van der Waals surface area (Å²) in [6.45, 7) is 1.97. The number of nitrogens with zero attached hydrogens (tertiary/aromatic N) is 4. The lowest BCUT2D eigenvalue weighted by Gasteiger charge is -2.18. The summed E-state index contributed by atoms with van der Waals surface area (Å²) in [4.78, 5) is 19.2. The van der Waals surface area contributed by atoms with Gasteiger partial charge in [0, 0.05) is 45.2 Å². The standard InChI is InChI=1S/C27H30N6O3/c1-28-22-17-30-33-25(16-21(31-27(22)33)20-6-3-4-7-23(20)34)29-11-5-12-32(2)26(35)15-18-8-9-19-10-13-36-24(19)14-18/h3-4,6-9,14,16-17,28-29,34H,5,10-13,15H2,1-2H3. The first-order chi connectivity index (χ1) is 17.5. The van der Waals surface area contributed by atoms with E-state index in [1.807, 2.05) is 44.4 Å². The number of carbonyl (C=O) groups is 1. The van der Waals surface area contributed by atoms with Crippen LogP contribution >= 0.6 is 0 Å². The van der Waals surface area contributed by atoms with Gasteiger partial charge in [-0.3, -0.25) is 4.79 Å². The molecular formula is C27H30N6O3. The Morgan fingerprint density at radius 3 is 2.92 bits per heavy atom. The van der Waals surface area contributed by atoms with Crippen LogP contribution in [0.4, 0.5) is 11.5 Å². The number of nitrogens with one attached hydrogen (secondary N) is 2. The number of aromatic nitrogens is 3. The Labute approximate surface area is 209 Å². The summed E-state index contributed by atoms with van der Waals surface area (Å²) in [5.41, 5.74) is 4.92. The van der Waals surface area contributed by atoms with Crippen LogP contribution in [0.15, 0.2) is 54.7 Å². The number of aromatic hydroxyl groups is 1. The van der Waals surface area contributed by atoms with Gasteiger partial charge in [0.1, 0.15) is 17.3 Å². The van der Waals surface area contributed by atoms with E-state index < -0.39 is 0 Å². The lowest BCUT2D eigenvalue weighted by atomic mass is 10.1. The fourth-order valence-corrected chi connectivity index (χ4v) is 4.38. The van der Waals surface area contributed by atoms with Crippen LogP contribution in [0.1, 0.15) is 17.5 Å². The molecular weight excluding hydrogens is 456 g/mol. The molecule has 9 nitrogen and oxygen atoms in total. The Morgan fingerprint density at radius 1 is 1.22 bits per heavy atom. The van der Waals surface area contributed by atoms with Crippen LogP contribution in [-0.4, -0.2) is 64.3 Å². The summed E-state index contributed by atoms with van der Waals surface area (Å²) in [6.07, 6.45) is 3.77. The number of amides is 1. The van der Waals surface area contributed by atoms with Crippen LogP contribution in [0.5, 0.6) is 11.5 Å². The number of para-hydroxylation sites is 1. The number of hydrogen-bond acceptors (Lipinski definition) is 7. The first-order valence-electron chi connectivity index (χ1n) is 12.1. The van der Waals surface area contributed by atoms with Crippen LogP contribution in [0.25, 0.3) is 16.9 Å². The fraction of sp³-hybridized carbons (Fsp3) is 0.296. The molecule has 0 fully saturated rings. The van der Waals surface area contributed by atoms with Crippen LogP contribution in [0.3, 0.4) is 0 Å². The molecule has 0 bridgehead atoms. The van der Waals surface area contributed by atoms with Gasteiger partial charge < -0.3 is 25.4 Å². The molecule has 2 aromatic carbocycles. The van der Waals surface area contributed by atoms with Gasteiger partial charge in [0.25, 0.3) is 0 Å². The van der Waals surface area contributed by atoms with Gasteiger partial charge in [-0.1, -0.05) is 24.3 Å². The van der Waals surface area contributed by atoms with Crippen LogP contribution in [0.2, 0.25) is 0 Å². The molecule has 3 N–H and O–H groups in total. The largest absolute Gasteiger partial charge is 0.507 e. The highest BCUT2D eigenvalue weighted by Crippen LogP contribution is 2.31. The molecule has 1 aliphatic heterocycles. The number of fused-ring (bicyclic) bond motifs is 2. The van der Waals surface area contributed by atoms with Crippen molar-refractivity contribution in [3.8, 4) is 22.8 Å². The van der Waals surface area contributed by atoms with Crippen molar-refractivity contribution in [2.75, 3.05) is 44.4 Å². The number of hydrogen-bond donors (Lipinski definition) is 3. The maximum atomic E-state index is 12.7. The summed E-state index contributed by atoms with van der Waals surface area (Å²) in [7, 11) is 3.65. The minimum Gasteiger partial charge on any atom is -0.507 e. The normalized spacial score (nSPS) is 12.3. The number of rotatable bonds is 9. The first kappa shape index (κ1) is 23.5. The second-order valence-electron chi connectivity index (χ2n) is 8.90. The SMILES string of the molecule is CNc1cnn2c(NCCCN(C)C(=O)Cc3ccc4c(c3)OCC4)cc(-c3ccccc3O)nc12. The highest BCUT2D eigenvalue weighted by molar-refractivity contribution is 5.79. The number of likely N-dealkylation sites (N-methyl/N-ethyl adjacent to an activating group) is 1. The van der Waals surface area contributed by atoms with E-state index >= 15 is 0 Å². The first-order valence-corrected chi connectivity index (χ1v) is 12.1. The molecule has 36 heavy (non-hydrogen) atoms. The maximum Gasteiger partial charge on any atom is 0.226 e. The van der Waals surface area contributed by atoms with Gasteiger partial charge in [-0.15, -0.1) is 0 Å². The number of carbonyl (C=O) groups excluding carboxylic acids is 1. The van der Waals surface area contributed by atoms with E-state index in [2.05, 4.69) is 21.8 Å². The fourth-order valence-electron chi connectivity index (χ4n) is 4.38. The quantitative estimate of drug-likeness (QED) is 0.311. The Balaban J connectivity index is 1.23. The zero-order valence-corrected chi connectivity index (χ0v) is 20.5. The molecule has 0 aliphatic carbocycles. The average Bonchev–Trinajstić information content (AvgIpc) is 3.53. The van der Waals surface area contributed by atoms with Crippen molar-refractivity contribution in [3.05, 3.63) is 65.9 Å². The predicted octanol–water partition coefficient (Wildman–Crippen LogP) is 3.58. The molecule has 4 aromatic rings. The third kappa shape index (κ3) is 4.77. The van der Waals surface area contributed by atoms with E-state index in [-0.39, 0.29) is 11.7 Å². The smallest absolute Gasteiger partial charge is 0.226 e. The van der Waals surface area contributed by atoms with E-state index in [0.29, 0.717) is 43.0 Å². The monoisotopic (exact) mass is 486 g/mol. The number of anilines is 2. The minimum atomic E-state index is 0.0758. The number of phenolic OH excluding ortho intramolecular Hbond substituents is 1. The summed E-state index contributed by atoms with van der Waals surface area (Å²) in [6, 6.07) is 15.1. The molecule has 0 unspecified atom stereocenters. The van der Waals surface area contributed by atoms with Crippen molar-refractivity contribution in [3.63, 3.8) is 0 Å². The molecule has 0 saturated heterocycles. The third-order valence-corrected chi connectivity index (χ3v) is 6.44. The van der Waals surface area contributed by atoms with Crippen molar-refractivity contribution < 1.29 is 14.6 Å². The Bertz CT molecular complexity index is 1400. The summed E-state index contributed by atoms with van der Waals surface area (Å²) in [5, 5.41) is 21.3. The van der Waals surface area contributed by atoms with Crippen molar-refractivity contribution in [2.24, 2.45) is 0 Å². The van der Waals surface area contributed by atoms with Gasteiger partial charge in [0.05, 0.1) is 30.6 Å². The lowest BCUT2D eigenvalue weighted by Crippen LogP contribution is -2.30. The highest BCUT2D eigenvalue weighted by atomic mass is 16.5. The molecule has 0 saturated carbocycles. The van der Waals surface area contributed by atoms with E-state index in [9.17, 15) is 9.90 Å². The minimum absolute atomic E-state index is 0.0758. The predicted molar refractivity (Wildman–Crippen MR) is 140 cm³/mol. The van der Waals surface area contributed by atoms with Crippen LogP contribution in [0, 0.1) is 0 Å². The number of ether oxygens (including phenoxy) is 1. The molecule has 1 aliphatic rings. The van der Waals surface area contributed by atoms with Gasteiger partial charge in [-0.25, -0.2) is 4.98 Å². The highest BCUT2D eigenvalue weighted by Gasteiger charge is 2.16. The number of benzene rings is 2. The van der Waals surface area contributed by atoms with Gasteiger partial charge in [0.2, 0.25) is 5.91 Å². The molecule has 0 radical (unpaired) electrons. The number of phenols is 1. The van der Waals surface area contributed by atoms with E-state index in [0.717, 1.165) is 35.7 Å². The Morgan fingerprint density at radius 2 is 2.08 bits per heavy atom. The topological polar surface area (TPSA) is 104 Å². The maximum absolute atomic E-state index is 12.7. The molecule has 1 amide bonds. The zero-order chi connectivity index (χ0) is 25.1. The summed E-state index contributed by atoms with van der Waals surface area (Å²) in [5.74, 6) is 1.90. The Hall–Kier alpha value is -4.27. The molecule has 5 rings (SSSR count). The van der Waals surface area contributed by atoms with Crippen molar-refractivity contribution in [1.29, 1.82) is 0 Å². The summed E-state index contributed by atoms with van der Waals surface area (Å²) >= 11 is 0. The van der Waals surface area contributed by atoms with Crippen LogP contribution in [-0.2, 0) is 17.6 Å². The van der Waals surface area contributed by atoms with Crippen molar-refractivity contribution in [2.45, 2.75) is 19.3 Å². The van der Waals surface area contributed by atoms with E-state index in [1.165, 1.54) is 5.56 Å². The molecule has 9 heteroatoms. The lowest BCUT2D eigenvalue weighted by molar-refractivity contribution is -0.129. The van der Waals surface area contributed by atoms with Gasteiger partial charge in [0.15, 0.2) is 5.65 Å². The zero-order valence-electron chi connectivity index (χ0n) is 20.5. The second-order valence-corrected chi connectivity index (χ2v) is 8.90. The molecule has 2 aromatic heterocycles. The van der Waals surface area contributed by atoms with Crippen LogP contribution < -0.4 is 15.4 Å². The van der Waals surface area contributed by atoms with Crippen molar-refractivity contribution >= 4 is 23.1 Å². The second kappa shape index (κ2) is 10.2. The molecule has 0 atom stereocenters. The van der Waals surface area contributed by atoms with E-state index in [4.69, 9.17) is 9.72 Å². The molecule has 0 spiro atoms. The summed E-state index contributed by atoms with van der Waals surface area (Å²) < 4.78 is 7.36. The van der Waals surface area contributed by atoms with E-state index in [1.54, 1.807) is 27.7 Å². The van der Waals surface area contributed by atoms with Gasteiger partial charge in [-0.05, 0) is 35.7 Å².